The topological polar surface area (TPSA) is 35.5 Å². The molecule has 0 aromatic heterocycles. The van der Waals surface area contributed by atoms with E-state index in [4.69, 9.17) is 9.47 Å². The van der Waals surface area contributed by atoms with Crippen LogP contribution in [0.3, 0.4) is 0 Å². The summed E-state index contributed by atoms with van der Waals surface area (Å²) in [6.45, 7) is 0.468. The van der Waals surface area contributed by atoms with Crippen LogP contribution >= 0.6 is 0 Å². The minimum Gasteiger partial charge on any atom is -0.467 e. The Balaban J connectivity index is 1.96. The molecule has 0 bridgehead atoms. The molecule has 1 aromatic rings. The van der Waals surface area contributed by atoms with E-state index in [1.807, 2.05) is 30.3 Å². The Kier molecular flexibility index (Phi) is 3.25. The molecule has 2 rings (SSSR count). The van der Waals surface area contributed by atoms with Crippen LogP contribution in [0.5, 0.6) is 0 Å². The highest BCUT2D eigenvalue weighted by Gasteiger charge is 2.46. The van der Waals surface area contributed by atoms with Crippen molar-refractivity contribution in [3.05, 3.63) is 35.9 Å². The van der Waals surface area contributed by atoms with Gasteiger partial charge in [-0.05, 0) is 24.8 Å². The molecule has 0 saturated heterocycles. The second-order valence-electron chi connectivity index (χ2n) is 4.11. The summed E-state index contributed by atoms with van der Waals surface area (Å²) < 4.78 is 10.5. The lowest BCUT2D eigenvalue weighted by molar-refractivity contribution is -0.184. The van der Waals surface area contributed by atoms with Gasteiger partial charge in [0.1, 0.15) is 0 Å². The number of hydrogen-bond acceptors (Lipinski definition) is 3. The lowest BCUT2D eigenvalue weighted by atomic mass is 9.80. The molecule has 0 unspecified atom stereocenters. The van der Waals surface area contributed by atoms with Gasteiger partial charge < -0.3 is 9.47 Å². The van der Waals surface area contributed by atoms with Crippen molar-refractivity contribution in [3.8, 4) is 0 Å². The normalized spacial score (nSPS) is 17.6. The van der Waals surface area contributed by atoms with Gasteiger partial charge in [-0.3, -0.25) is 0 Å². The van der Waals surface area contributed by atoms with E-state index in [0.717, 1.165) is 24.8 Å². The van der Waals surface area contributed by atoms with Crippen molar-refractivity contribution in [2.45, 2.75) is 31.5 Å². The van der Waals surface area contributed by atoms with Crippen molar-refractivity contribution >= 4 is 5.97 Å². The van der Waals surface area contributed by atoms with Gasteiger partial charge in [0.05, 0.1) is 13.7 Å². The Morgan fingerprint density at radius 2 is 2.00 bits per heavy atom. The van der Waals surface area contributed by atoms with Crippen LogP contribution in [0.15, 0.2) is 30.3 Å². The van der Waals surface area contributed by atoms with Crippen LogP contribution in [0.2, 0.25) is 0 Å². The van der Waals surface area contributed by atoms with Crippen molar-refractivity contribution < 1.29 is 14.3 Å². The average molecular weight is 220 g/mol. The highest BCUT2D eigenvalue weighted by molar-refractivity contribution is 5.80. The van der Waals surface area contributed by atoms with Crippen molar-refractivity contribution in [3.63, 3.8) is 0 Å². The molecule has 0 aliphatic heterocycles. The number of ether oxygens (including phenoxy) is 2. The quantitative estimate of drug-likeness (QED) is 0.730. The van der Waals surface area contributed by atoms with E-state index >= 15 is 0 Å². The van der Waals surface area contributed by atoms with Crippen molar-refractivity contribution in [2.75, 3.05) is 7.11 Å². The highest BCUT2D eigenvalue weighted by atomic mass is 16.6. The molecule has 0 atom stereocenters. The van der Waals surface area contributed by atoms with E-state index in [2.05, 4.69) is 0 Å². The van der Waals surface area contributed by atoms with Crippen molar-refractivity contribution in [1.29, 1.82) is 0 Å². The van der Waals surface area contributed by atoms with E-state index in [9.17, 15) is 4.79 Å². The molecule has 16 heavy (non-hydrogen) atoms. The fourth-order valence-electron chi connectivity index (χ4n) is 1.89. The molecular weight excluding hydrogens is 204 g/mol. The van der Waals surface area contributed by atoms with Crippen LogP contribution in [0.1, 0.15) is 24.8 Å². The highest BCUT2D eigenvalue weighted by Crippen LogP contribution is 2.37. The maximum absolute atomic E-state index is 11.6. The SMILES string of the molecule is COC(=O)C1(OCc2ccccc2)CCC1. The van der Waals surface area contributed by atoms with Crippen molar-refractivity contribution in [2.24, 2.45) is 0 Å². The van der Waals surface area contributed by atoms with Gasteiger partial charge in [0.25, 0.3) is 0 Å². The molecule has 86 valence electrons. The van der Waals surface area contributed by atoms with Gasteiger partial charge in [0.15, 0.2) is 5.60 Å². The van der Waals surface area contributed by atoms with Gasteiger partial charge in [0.2, 0.25) is 0 Å². The zero-order chi connectivity index (χ0) is 11.4. The minimum absolute atomic E-state index is 0.241. The first-order chi connectivity index (χ1) is 7.77. The second-order valence-corrected chi connectivity index (χ2v) is 4.11. The van der Waals surface area contributed by atoms with Gasteiger partial charge in [-0.1, -0.05) is 30.3 Å². The fourth-order valence-corrected chi connectivity index (χ4v) is 1.89. The molecule has 0 amide bonds. The summed E-state index contributed by atoms with van der Waals surface area (Å²) in [6.07, 6.45) is 2.57. The predicted molar refractivity (Wildman–Crippen MR) is 59.8 cm³/mol. The van der Waals surface area contributed by atoms with Crippen LogP contribution < -0.4 is 0 Å². The van der Waals surface area contributed by atoms with Gasteiger partial charge in [-0.25, -0.2) is 4.79 Å². The summed E-state index contributed by atoms with van der Waals surface area (Å²) in [4.78, 5) is 11.6. The maximum atomic E-state index is 11.6. The lowest BCUT2D eigenvalue weighted by Gasteiger charge is -2.38. The first-order valence-corrected chi connectivity index (χ1v) is 5.53. The van der Waals surface area contributed by atoms with Gasteiger partial charge >= 0.3 is 5.97 Å². The lowest BCUT2D eigenvalue weighted by Crippen LogP contribution is -2.48. The smallest absolute Gasteiger partial charge is 0.338 e. The summed E-state index contributed by atoms with van der Waals surface area (Å²) in [5.74, 6) is -0.241. The Morgan fingerprint density at radius 3 is 2.50 bits per heavy atom. The Hall–Kier alpha value is -1.35. The predicted octanol–water partition coefficient (Wildman–Crippen LogP) is 2.30. The van der Waals surface area contributed by atoms with Crippen molar-refractivity contribution in [1.82, 2.24) is 0 Å². The molecule has 1 fully saturated rings. The Labute approximate surface area is 95.4 Å². The average Bonchev–Trinajstić information content (AvgIpc) is 2.28. The summed E-state index contributed by atoms with van der Waals surface area (Å²) >= 11 is 0. The van der Waals surface area contributed by atoms with Gasteiger partial charge in [-0.2, -0.15) is 0 Å². The summed E-state index contributed by atoms with van der Waals surface area (Å²) in [7, 11) is 1.41. The zero-order valence-corrected chi connectivity index (χ0v) is 9.44. The number of benzene rings is 1. The largest absolute Gasteiger partial charge is 0.467 e. The fraction of sp³-hybridized carbons (Fsp3) is 0.462. The van der Waals surface area contributed by atoms with Crippen LogP contribution in [0.25, 0.3) is 0 Å². The van der Waals surface area contributed by atoms with E-state index in [-0.39, 0.29) is 5.97 Å². The maximum Gasteiger partial charge on any atom is 0.338 e. The second kappa shape index (κ2) is 4.66. The van der Waals surface area contributed by atoms with E-state index in [1.165, 1.54) is 7.11 Å². The number of methoxy groups -OCH3 is 1. The third-order valence-corrected chi connectivity index (χ3v) is 3.08. The number of carbonyl (C=O) groups is 1. The molecule has 0 spiro atoms. The monoisotopic (exact) mass is 220 g/mol. The summed E-state index contributed by atoms with van der Waals surface area (Å²) in [5.41, 5.74) is 0.405. The molecule has 0 heterocycles. The standard InChI is InChI=1S/C13H16O3/c1-15-12(14)13(8-5-9-13)16-10-11-6-3-2-4-7-11/h2-4,6-7H,5,8-10H2,1H3. The molecule has 0 radical (unpaired) electrons. The van der Waals surface area contributed by atoms with Crippen LogP contribution in [0, 0.1) is 0 Å². The molecule has 3 nitrogen and oxygen atoms in total. The zero-order valence-electron chi connectivity index (χ0n) is 9.44. The molecule has 1 aliphatic rings. The summed E-state index contributed by atoms with van der Waals surface area (Å²) in [6, 6.07) is 9.87. The summed E-state index contributed by atoms with van der Waals surface area (Å²) in [5, 5.41) is 0. The Morgan fingerprint density at radius 1 is 1.31 bits per heavy atom. The van der Waals surface area contributed by atoms with E-state index < -0.39 is 5.60 Å². The molecule has 0 N–H and O–H groups in total. The Bertz CT molecular complexity index is 355. The van der Waals surface area contributed by atoms with E-state index in [1.54, 1.807) is 0 Å². The number of esters is 1. The van der Waals surface area contributed by atoms with Crippen LogP contribution in [0.4, 0.5) is 0 Å². The molecule has 1 aromatic carbocycles. The van der Waals surface area contributed by atoms with Crippen LogP contribution in [-0.4, -0.2) is 18.7 Å². The number of rotatable bonds is 4. The van der Waals surface area contributed by atoms with E-state index in [0.29, 0.717) is 6.61 Å². The number of carbonyl (C=O) groups excluding carboxylic acids is 1. The molecule has 1 aliphatic carbocycles. The first kappa shape index (κ1) is 11.1. The van der Waals surface area contributed by atoms with Gasteiger partial charge in [0, 0.05) is 0 Å². The molecule has 1 saturated carbocycles. The van der Waals surface area contributed by atoms with Crippen LogP contribution in [-0.2, 0) is 20.9 Å². The third kappa shape index (κ3) is 2.09. The molecule has 3 heteroatoms. The minimum atomic E-state index is -0.676. The third-order valence-electron chi connectivity index (χ3n) is 3.08. The first-order valence-electron chi connectivity index (χ1n) is 5.53. The number of hydrogen-bond donors (Lipinski definition) is 0. The molecular formula is C13H16O3. The van der Waals surface area contributed by atoms with Gasteiger partial charge in [-0.15, -0.1) is 0 Å².